The summed E-state index contributed by atoms with van der Waals surface area (Å²) in [5.41, 5.74) is 9.58. The first-order valence-corrected chi connectivity index (χ1v) is 5.88. The molecule has 4 heteroatoms. The fourth-order valence-electron chi connectivity index (χ4n) is 1.87. The van der Waals surface area contributed by atoms with E-state index in [2.05, 4.69) is 0 Å². The van der Waals surface area contributed by atoms with Crippen molar-refractivity contribution >= 4 is 11.4 Å². The largest absolute Gasteiger partial charge is 0.462 e. The Morgan fingerprint density at radius 1 is 1.33 bits per heavy atom. The second-order valence-corrected chi connectivity index (χ2v) is 4.42. The van der Waals surface area contributed by atoms with Crippen molar-refractivity contribution in [3.63, 3.8) is 0 Å². The SMILES string of the molecule is CN(C)c1coc(-c2cccc(CCO)c2N)c1. The first-order chi connectivity index (χ1) is 8.63. The van der Waals surface area contributed by atoms with Crippen LogP contribution in [0.3, 0.4) is 0 Å². The Morgan fingerprint density at radius 3 is 2.72 bits per heavy atom. The summed E-state index contributed by atoms with van der Waals surface area (Å²) in [6, 6.07) is 7.72. The Hall–Kier alpha value is -1.94. The molecule has 2 rings (SSSR count). The van der Waals surface area contributed by atoms with Crippen LogP contribution in [0.5, 0.6) is 0 Å². The van der Waals surface area contributed by atoms with Crippen LogP contribution in [0.15, 0.2) is 34.9 Å². The lowest BCUT2D eigenvalue weighted by atomic mass is 10.0. The second kappa shape index (κ2) is 5.14. The number of nitrogen functional groups attached to an aromatic ring is 1. The van der Waals surface area contributed by atoms with Crippen molar-refractivity contribution in [3.05, 3.63) is 36.1 Å². The summed E-state index contributed by atoms with van der Waals surface area (Å²) in [5, 5.41) is 9.00. The summed E-state index contributed by atoms with van der Waals surface area (Å²) in [5.74, 6) is 0.746. The molecule has 4 nitrogen and oxygen atoms in total. The standard InChI is InChI=1S/C14H18N2O2/c1-16(2)11-8-13(18-9-11)12-5-3-4-10(6-7-17)14(12)15/h3-5,8-9,17H,6-7,15H2,1-2H3. The Labute approximate surface area is 107 Å². The molecule has 0 saturated carbocycles. The fourth-order valence-corrected chi connectivity index (χ4v) is 1.87. The zero-order chi connectivity index (χ0) is 13.1. The maximum Gasteiger partial charge on any atom is 0.138 e. The van der Waals surface area contributed by atoms with Crippen LogP contribution in [-0.2, 0) is 6.42 Å². The van der Waals surface area contributed by atoms with E-state index >= 15 is 0 Å². The normalized spacial score (nSPS) is 10.6. The van der Waals surface area contributed by atoms with Gasteiger partial charge in [0.15, 0.2) is 0 Å². The minimum atomic E-state index is 0.0920. The zero-order valence-electron chi connectivity index (χ0n) is 10.7. The van der Waals surface area contributed by atoms with Gasteiger partial charge in [-0.2, -0.15) is 0 Å². The monoisotopic (exact) mass is 246 g/mol. The predicted octanol–water partition coefficient (Wildman–Crippen LogP) is 2.13. The van der Waals surface area contributed by atoms with Gasteiger partial charge in [-0.05, 0) is 18.1 Å². The number of aliphatic hydroxyl groups is 1. The van der Waals surface area contributed by atoms with Crippen LogP contribution < -0.4 is 10.6 Å². The minimum absolute atomic E-state index is 0.0920. The first kappa shape index (κ1) is 12.5. The molecule has 0 aliphatic rings. The molecule has 0 aliphatic heterocycles. The summed E-state index contributed by atoms with van der Waals surface area (Å²) in [6.07, 6.45) is 2.26. The van der Waals surface area contributed by atoms with Gasteiger partial charge in [0.25, 0.3) is 0 Å². The van der Waals surface area contributed by atoms with Gasteiger partial charge in [-0.25, -0.2) is 0 Å². The number of hydrogen-bond acceptors (Lipinski definition) is 4. The molecule has 3 N–H and O–H groups in total. The molecule has 1 aromatic heterocycles. The van der Waals surface area contributed by atoms with Gasteiger partial charge in [0.2, 0.25) is 0 Å². The van der Waals surface area contributed by atoms with Gasteiger partial charge >= 0.3 is 0 Å². The highest BCUT2D eigenvalue weighted by atomic mass is 16.3. The van der Waals surface area contributed by atoms with Crippen molar-refractivity contribution in [2.45, 2.75) is 6.42 Å². The van der Waals surface area contributed by atoms with Crippen molar-refractivity contribution < 1.29 is 9.52 Å². The minimum Gasteiger partial charge on any atom is -0.462 e. The van der Waals surface area contributed by atoms with Crippen molar-refractivity contribution in [2.75, 3.05) is 31.3 Å². The van der Waals surface area contributed by atoms with Crippen LogP contribution in [-0.4, -0.2) is 25.8 Å². The van der Waals surface area contributed by atoms with Gasteiger partial charge in [0.1, 0.15) is 12.0 Å². The fraction of sp³-hybridized carbons (Fsp3) is 0.286. The molecule has 0 atom stereocenters. The number of nitrogens with zero attached hydrogens (tertiary/aromatic N) is 1. The summed E-state index contributed by atoms with van der Waals surface area (Å²) < 4.78 is 5.54. The van der Waals surface area contributed by atoms with Crippen molar-refractivity contribution in [1.82, 2.24) is 0 Å². The molecule has 0 radical (unpaired) electrons. The van der Waals surface area contributed by atoms with Crippen LogP contribution in [0, 0.1) is 0 Å². The van der Waals surface area contributed by atoms with E-state index in [9.17, 15) is 0 Å². The van der Waals surface area contributed by atoms with E-state index in [1.54, 1.807) is 6.26 Å². The quantitative estimate of drug-likeness (QED) is 0.811. The molecule has 0 fully saturated rings. The number of benzene rings is 1. The van der Waals surface area contributed by atoms with Gasteiger partial charge in [0.05, 0.1) is 5.69 Å². The maximum absolute atomic E-state index is 9.00. The molecule has 18 heavy (non-hydrogen) atoms. The third kappa shape index (κ3) is 2.33. The third-order valence-corrected chi connectivity index (χ3v) is 2.95. The lowest BCUT2D eigenvalue weighted by Crippen LogP contribution is -2.06. The molecule has 2 aromatic rings. The number of anilines is 2. The maximum atomic E-state index is 9.00. The predicted molar refractivity (Wildman–Crippen MR) is 73.7 cm³/mol. The molecule has 1 aromatic carbocycles. The van der Waals surface area contributed by atoms with Gasteiger partial charge in [0, 0.05) is 38.0 Å². The molecular formula is C14H18N2O2. The van der Waals surface area contributed by atoms with E-state index in [1.807, 2.05) is 43.3 Å². The lowest BCUT2D eigenvalue weighted by Gasteiger charge is -2.08. The topological polar surface area (TPSA) is 62.6 Å². The number of aliphatic hydroxyl groups excluding tert-OH is 1. The highest BCUT2D eigenvalue weighted by Gasteiger charge is 2.11. The summed E-state index contributed by atoms with van der Waals surface area (Å²) in [4.78, 5) is 1.97. The average Bonchev–Trinajstić information content (AvgIpc) is 2.81. The molecule has 0 bridgehead atoms. The van der Waals surface area contributed by atoms with Crippen LogP contribution in [0.1, 0.15) is 5.56 Å². The van der Waals surface area contributed by atoms with Crippen LogP contribution in [0.25, 0.3) is 11.3 Å². The zero-order valence-corrected chi connectivity index (χ0v) is 10.7. The van der Waals surface area contributed by atoms with Crippen molar-refractivity contribution in [1.29, 1.82) is 0 Å². The number of para-hydroxylation sites is 1. The molecule has 0 amide bonds. The van der Waals surface area contributed by atoms with E-state index in [4.69, 9.17) is 15.3 Å². The Bertz CT molecular complexity index is 532. The number of rotatable bonds is 4. The number of furan rings is 1. The first-order valence-electron chi connectivity index (χ1n) is 5.88. The smallest absolute Gasteiger partial charge is 0.138 e. The molecule has 0 spiro atoms. The molecular weight excluding hydrogens is 228 g/mol. The molecule has 0 saturated heterocycles. The van der Waals surface area contributed by atoms with Gasteiger partial charge < -0.3 is 20.2 Å². The lowest BCUT2D eigenvalue weighted by molar-refractivity contribution is 0.300. The van der Waals surface area contributed by atoms with E-state index in [0.29, 0.717) is 12.1 Å². The third-order valence-electron chi connectivity index (χ3n) is 2.95. The van der Waals surface area contributed by atoms with Crippen molar-refractivity contribution in [3.8, 4) is 11.3 Å². The van der Waals surface area contributed by atoms with E-state index in [-0.39, 0.29) is 6.61 Å². The number of nitrogens with two attached hydrogens (primary N) is 1. The molecule has 0 unspecified atom stereocenters. The van der Waals surface area contributed by atoms with Crippen LogP contribution in [0.2, 0.25) is 0 Å². The van der Waals surface area contributed by atoms with E-state index in [1.165, 1.54) is 0 Å². The second-order valence-electron chi connectivity index (χ2n) is 4.42. The van der Waals surface area contributed by atoms with Crippen molar-refractivity contribution in [2.24, 2.45) is 0 Å². The molecule has 1 heterocycles. The number of hydrogen-bond donors (Lipinski definition) is 2. The van der Waals surface area contributed by atoms with Gasteiger partial charge in [-0.3, -0.25) is 0 Å². The highest BCUT2D eigenvalue weighted by Crippen LogP contribution is 2.32. The Kier molecular flexibility index (Phi) is 3.58. The van der Waals surface area contributed by atoms with Gasteiger partial charge in [-0.15, -0.1) is 0 Å². The Morgan fingerprint density at radius 2 is 2.11 bits per heavy atom. The van der Waals surface area contributed by atoms with E-state index in [0.717, 1.165) is 22.6 Å². The molecule has 0 aliphatic carbocycles. The summed E-state index contributed by atoms with van der Waals surface area (Å²) >= 11 is 0. The van der Waals surface area contributed by atoms with Crippen LogP contribution in [0.4, 0.5) is 11.4 Å². The molecule has 96 valence electrons. The van der Waals surface area contributed by atoms with E-state index < -0.39 is 0 Å². The highest BCUT2D eigenvalue weighted by molar-refractivity contribution is 5.77. The van der Waals surface area contributed by atoms with Gasteiger partial charge in [-0.1, -0.05) is 12.1 Å². The Balaban J connectivity index is 2.40. The average molecular weight is 246 g/mol. The summed E-state index contributed by atoms with van der Waals surface area (Å²) in [6.45, 7) is 0.0920. The van der Waals surface area contributed by atoms with Crippen LogP contribution >= 0.6 is 0 Å². The summed E-state index contributed by atoms with van der Waals surface area (Å²) in [7, 11) is 3.92.